The Hall–Kier alpha value is -2.05. The first-order valence-corrected chi connectivity index (χ1v) is 7.62. The van der Waals surface area contributed by atoms with E-state index in [1.807, 2.05) is 13.8 Å². The van der Waals surface area contributed by atoms with Crippen molar-refractivity contribution in [3.63, 3.8) is 0 Å². The number of hydrogen-bond acceptors (Lipinski definition) is 6. The molecule has 0 radical (unpaired) electrons. The quantitative estimate of drug-likeness (QED) is 0.351. The van der Waals surface area contributed by atoms with Crippen LogP contribution in [0.25, 0.3) is 0 Å². The fourth-order valence-electron chi connectivity index (χ4n) is 2.20. The summed E-state index contributed by atoms with van der Waals surface area (Å²) in [6, 6.07) is 1.76. The standard InChI is InChI=1S/C18H26O6/c1-13(2)6-7-14-17(23-11-20-3)10-16(22-5)15(8-9-19)18(14)24-12-21-4/h6,9-10H,7-8,11-12H2,1-5H3. The summed E-state index contributed by atoms with van der Waals surface area (Å²) in [4.78, 5) is 11.1. The molecule has 1 aromatic rings. The van der Waals surface area contributed by atoms with Gasteiger partial charge in [-0.25, -0.2) is 0 Å². The van der Waals surface area contributed by atoms with Crippen molar-refractivity contribution < 1.29 is 28.5 Å². The smallest absolute Gasteiger partial charge is 0.188 e. The van der Waals surface area contributed by atoms with E-state index < -0.39 is 0 Å². The summed E-state index contributed by atoms with van der Waals surface area (Å²) in [5.41, 5.74) is 2.66. The van der Waals surface area contributed by atoms with Crippen molar-refractivity contribution >= 4 is 6.29 Å². The number of ether oxygens (including phenoxy) is 5. The minimum atomic E-state index is 0.0601. The van der Waals surface area contributed by atoms with E-state index in [0.29, 0.717) is 29.2 Å². The number of methoxy groups -OCH3 is 3. The van der Waals surface area contributed by atoms with Gasteiger partial charge in [-0.2, -0.15) is 0 Å². The predicted octanol–water partition coefficient (Wildman–Crippen LogP) is 2.91. The number of rotatable bonds is 11. The molecule has 0 saturated heterocycles. The second kappa shape index (κ2) is 10.7. The van der Waals surface area contributed by atoms with Gasteiger partial charge >= 0.3 is 0 Å². The maximum Gasteiger partial charge on any atom is 0.188 e. The third-order valence-electron chi connectivity index (χ3n) is 3.28. The number of hydrogen-bond donors (Lipinski definition) is 0. The van der Waals surface area contributed by atoms with Crippen molar-refractivity contribution in [2.75, 3.05) is 34.9 Å². The second-order valence-electron chi connectivity index (χ2n) is 5.32. The lowest BCUT2D eigenvalue weighted by molar-refractivity contribution is -0.107. The van der Waals surface area contributed by atoms with Crippen LogP contribution in [0, 0.1) is 0 Å². The molecule has 6 nitrogen and oxygen atoms in total. The Morgan fingerprint density at radius 2 is 1.58 bits per heavy atom. The highest BCUT2D eigenvalue weighted by molar-refractivity contribution is 5.66. The summed E-state index contributed by atoms with van der Waals surface area (Å²) in [6.07, 6.45) is 3.65. The molecule has 1 aromatic carbocycles. The molecule has 0 bridgehead atoms. The molecule has 0 aliphatic heterocycles. The van der Waals surface area contributed by atoms with Crippen LogP contribution in [0.3, 0.4) is 0 Å². The molecule has 0 atom stereocenters. The lowest BCUT2D eigenvalue weighted by atomic mass is 10.0. The SMILES string of the molecule is COCOc1cc(OC)c(CC=O)c(OCOC)c1CC=C(C)C. The van der Waals surface area contributed by atoms with Gasteiger partial charge < -0.3 is 28.5 Å². The Morgan fingerprint density at radius 1 is 0.958 bits per heavy atom. The second-order valence-corrected chi connectivity index (χ2v) is 5.32. The van der Waals surface area contributed by atoms with E-state index in [1.54, 1.807) is 20.3 Å². The van der Waals surface area contributed by atoms with Gasteiger partial charge in [0.15, 0.2) is 13.6 Å². The molecule has 0 amide bonds. The van der Waals surface area contributed by atoms with Crippen LogP contribution in [0.5, 0.6) is 17.2 Å². The van der Waals surface area contributed by atoms with Crippen LogP contribution < -0.4 is 14.2 Å². The van der Waals surface area contributed by atoms with Gasteiger partial charge in [-0.05, 0) is 20.3 Å². The molecule has 0 unspecified atom stereocenters. The fourth-order valence-corrected chi connectivity index (χ4v) is 2.20. The Bertz CT molecular complexity index is 561. The van der Waals surface area contributed by atoms with E-state index in [9.17, 15) is 4.79 Å². The van der Waals surface area contributed by atoms with Crippen LogP contribution in [0.15, 0.2) is 17.7 Å². The van der Waals surface area contributed by atoms with Gasteiger partial charge in [0, 0.05) is 37.8 Å². The number of aldehydes is 1. The molecule has 0 spiro atoms. The van der Waals surface area contributed by atoms with Gasteiger partial charge in [-0.15, -0.1) is 0 Å². The molecule has 0 aliphatic rings. The van der Waals surface area contributed by atoms with E-state index >= 15 is 0 Å². The van der Waals surface area contributed by atoms with Crippen LogP contribution in [0.2, 0.25) is 0 Å². The highest BCUT2D eigenvalue weighted by Crippen LogP contribution is 2.40. The first-order chi connectivity index (χ1) is 11.6. The number of allylic oxidation sites excluding steroid dienone is 2. The average molecular weight is 338 g/mol. The monoisotopic (exact) mass is 338 g/mol. The molecule has 24 heavy (non-hydrogen) atoms. The van der Waals surface area contributed by atoms with Gasteiger partial charge in [0.05, 0.1) is 7.11 Å². The maximum absolute atomic E-state index is 11.1. The van der Waals surface area contributed by atoms with Crippen LogP contribution in [-0.4, -0.2) is 41.2 Å². The lowest BCUT2D eigenvalue weighted by Gasteiger charge is -2.20. The fraction of sp³-hybridized carbons (Fsp3) is 0.500. The molecule has 1 rings (SSSR count). The van der Waals surface area contributed by atoms with E-state index in [-0.39, 0.29) is 20.0 Å². The van der Waals surface area contributed by atoms with Gasteiger partial charge in [0.1, 0.15) is 23.5 Å². The van der Waals surface area contributed by atoms with Crippen LogP contribution in [-0.2, 0) is 27.1 Å². The molecule has 134 valence electrons. The summed E-state index contributed by atoms with van der Waals surface area (Å²) >= 11 is 0. The van der Waals surface area contributed by atoms with Crippen molar-refractivity contribution in [2.24, 2.45) is 0 Å². The normalized spacial score (nSPS) is 10.2. The van der Waals surface area contributed by atoms with Gasteiger partial charge in [0.2, 0.25) is 0 Å². The highest BCUT2D eigenvalue weighted by atomic mass is 16.7. The third kappa shape index (κ3) is 5.54. The molecule has 0 aromatic heterocycles. The van der Waals surface area contributed by atoms with E-state index in [4.69, 9.17) is 23.7 Å². The zero-order chi connectivity index (χ0) is 17.9. The molecular formula is C18H26O6. The summed E-state index contributed by atoms with van der Waals surface area (Å²) in [7, 11) is 4.63. The predicted molar refractivity (Wildman–Crippen MR) is 90.9 cm³/mol. The average Bonchev–Trinajstić information content (AvgIpc) is 2.57. The van der Waals surface area contributed by atoms with Crippen molar-refractivity contribution in [3.05, 3.63) is 28.8 Å². The number of carbonyl (C=O) groups excluding carboxylic acids is 1. The first kappa shape index (κ1) is 20.0. The van der Waals surface area contributed by atoms with E-state index in [1.165, 1.54) is 7.11 Å². The molecule has 0 aliphatic carbocycles. The summed E-state index contributed by atoms with van der Waals surface area (Å²) < 4.78 is 26.9. The number of carbonyl (C=O) groups is 1. The third-order valence-corrected chi connectivity index (χ3v) is 3.28. The minimum absolute atomic E-state index is 0.0601. The largest absolute Gasteiger partial charge is 0.496 e. The van der Waals surface area contributed by atoms with Crippen molar-refractivity contribution in [1.82, 2.24) is 0 Å². The Kier molecular flexibility index (Phi) is 8.89. The molecule has 0 fully saturated rings. The Labute approximate surface area is 143 Å². The van der Waals surface area contributed by atoms with Crippen LogP contribution in [0.4, 0.5) is 0 Å². The van der Waals surface area contributed by atoms with Crippen molar-refractivity contribution in [3.8, 4) is 17.2 Å². The summed E-state index contributed by atoms with van der Waals surface area (Å²) in [6.45, 7) is 4.19. The summed E-state index contributed by atoms with van der Waals surface area (Å²) in [5.74, 6) is 1.67. The Balaban J connectivity index is 3.49. The van der Waals surface area contributed by atoms with Gasteiger partial charge in [-0.1, -0.05) is 11.6 Å². The topological polar surface area (TPSA) is 63.2 Å². The van der Waals surface area contributed by atoms with Crippen LogP contribution >= 0.6 is 0 Å². The van der Waals surface area contributed by atoms with Crippen molar-refractivity contribution in [1.29, 1.82) is 0 Å². The lowest BCUT2D eigenvalue weighted by Crippen LogP contribution is -2.10. The van der Waals surface area contributed by atoms with Gasteiger partial charge in [0.25, 0.3) is 0 Å². The van der Waals surface area contributed by atoms with E-state index in [0.717, 1.165) is 17.4 Å². The zero-order valence-electron chi connectivity index (χ0n) is 15.0. The van der Waals surface area contributed by atoms with Gasteiger partial charge in [-0.3, -0.25) is 0 Å². The Morgan fingerprint density at radius 3 is 2.12 bits per heavy atom. The minimum Gasteiger partial charge on any atom is -0.496 e. The maximum atomic E-state index is 11.1. The molecule has 0 saturated carbocycles. The van der Waals surface area contributed by atoms with Crippen molar-refractivity contribution in [2.45, 2.75) is 26.7 Å². The highest BCUT2D eigenvalue weighted by Gasteiger charge is 2.20. The van der Waals surface area contributed by atoms with E-state index in [2.05, 4.69) is 6.08 Å². The number of benzene rings is 1. The molecule has 0 heterocycles. The van der Waals surface area contributed by atoms with Crippen LogP contribution in [0.1, 0.15) is 25.0 Å². The summed E-state index contributed by atoms with van der Waals surface area (Å²) in [5, 5.41) is 0. The first-order valence-electron chi connectivity index (χ1n) is 7.62. The molecule has 0 N–H and O–H groups in total. The molecular weight excluding hydrogens is 312 g/mol. The zero-order valence-corrected chi connectivity index (χ0v) is 15.0. The molecule has 6 heteroatoms.